The van der Waals surface area contributed by atoms with Gasteiger partial charge >= 0.3 is 0 Å². The SMILES string of the molecule is O=C(CSc1ccc([N+](=O)[O-])cc1)N/N=C\c1cc([N+](=O)[O-])ccc1Cl. The molecule has 134 valence electrons. The molecule has 0 saturated heterocycles. The molecule has 0 unspecified atom stereocenters. The predicted molar refractivity (Wildman–Crippen MR) is 97.7 cm³/mol. The van der Waals surface area contributed by atoms with Crippen molar-refractivity contribution in [3.63, 3.8) is 0 Å². The number of non-ortho nitro benzene ring substituents is 2. The maximum Gasteiger partial charge on any atom is 0.270 e. The van der Waals surface area contributed by atoms with Crippen LogP contribution < -0.4 is 5.43 Å². The number of nitro benzene ring substituents is 2. The number of amides is 1. The van der Waals surface area contributed by atoms with Gasteiger partial charge in [0.05, 0.1) is 21.8 Å². The van der Waals surface area contributed by atoms with Crippen LogP contribution in [0.15, 0.2) is 52.5 Å². The van der Waals surface area contributed by atoms with E-state index < -0.39 is 15.8 Å². The van der Waals surface area contributed by atoms with Crippen LogP contribution in [0.2, 0.25) is 5.02 Å². The summed E-state index contributed by atoms with van der Waals surface area (Å²) < 4.78 is 0. The summed E-state index contributed by atoms with van der Waals surface area (Å²) in [4.78, 5) is 32.7. The number of hydrogen-bond acceptors (Lipinski definition) is 7. The van der Waals surface area contributed by atoms with Gasteiger partial charge in [0.2, 0.25) is 5.91 Å². The Labute approximate surface area is 156 Å². The van der Waals surface area contributed by atoms with Crippen LogP contribution in [0.3, 0.4) is 0 Å². The number of rotatable bonds is 7. The van der Waals surface area contributed by atoms with Gasteiger partial charge in [0.25, 0.3) is 11.4 Å². The topological polar surface area (TPSA) is 128 Å². The van der Waals surface area contributed by atoms with Crippen molar-refractivity contribution in [2.24, 2.45) is 5.10 Å². The average Bonchev–Trinajstić information content (AvgIpc) is 2.61. The van der Waals surface area contributed by atoms with Crippen molar-refractivity contribution in [2.75, 3.05) is 5.75 Å². The number of benzene rings is 2. The molecule has 9 nitrogen and oxygen atoms in total. The van der Waals surface area contributed by atoms with Crippen molar-refractivity contribution in [3.8, 4) is 0 Å². The molecule has 0 fully saturated rings. The van der Waals surface area contributed by atoms with Gasteiger partial charge in [0.1, 0.15) is 0 Å². The quantitative estimate of drug-likeness (QED) is 0.331. The van der Waals surface area contributed by atoms with Gasteiger partial charge in [-0.25, -0.2) is 5.43 Å². The molecule has 0 saturated carbocycles. The zero-order valence-corrected chi connectivity index (χ0v) is 14.6. The fourth-order valence-electron chi connectivity index (χ4n) is 1.76. The summed E-state index contributed by atoms with van der Waals surface area (Å²) in [7, 11) is 0. The number of halogens is 1. The molecule has 0 atom stereocenters. The minimum absolute atomic E-state index is 0.0303. The average molecular weight is 395 g/mol. The highest BCUT2D eigenvalue weighted by molar-refractivity contribution is 8.00. The van der Waals surface area contributed by atoms with Gasteiger partial charge < -0.3 is 0 Å². The van der Waals surface area contributed by atoms with Crippen LogP contribution in [0.1, 0.15) is 5.56 Å². The van der Waals surface area contributed by atoms with Gasteiger partial charge in [-0.2, -0.15) is 5.10 Å². The Morgan fingerprint density at radius 3 is 2.35 bits per heavy atom. The van der Waals surface area contributed by atoms with Crippen molar-refractivity contribution in [1.82, 2.24) is 5.43 Å². The van der Waals surface area contributed by atoms with E-state index in [0.717, 1.165) is 0 Å². The van der Waals surface area contributed by atoms with E-state index in [1.807, 2.05) is 0 Å². The Morgan fingerprint density at radius 1 is 1.12 bits per heavy atom. The number of nitro groups is 2. The monoisotopic (exact) mass is 394 g/mol. The third-order valence-corrected chi connectivity index (χ3v) is 4.36. The van der Waals surface area contributed by atoms with E-state index in [4.69, 9.17) is 11.6 Å². The Hall–Kier alpha value is -2.98. The molecule has 0 aliphatic rings. The number of hydrogen-bond donors (Lipinski definition) is 1. The Bertz CT molecular complexity index is 873. The Morgan fingerprint density at radius 2 is 1.73 bits per heavy atom. The molecule has 0 heterocycles. The first-order valence-electron chi connectivity index (χ1n) is 7.00. The molecule has 1 amide bonds. The van der Waals surface area contributed by atoms with E-state index in [0.29, 0.717) is 10.5 Å². The van der Waals surface area contributed by atoms with Crippen LogP contribution in [0.5, 0.6) is 0 Å². The molecule has 2 rings (SSSR count). The van der Waals surface area contributed by atoms with E-state index >= 15 is 0 Å². The second kappa shape index (κ2) is 8.92. The van der Waals surface area contributed by atoms with Crippen LogP contribution in [0, 0.1) is 20.2 Å². The molecule has 2 aromatic rings. The summed E-state index contributed by atoms with van der Waals surface area (Å²) in [5.41, 5.74) is 2.40. The van der Waals surface area contributed by atoms with Gasteiger partial charge in [0.15, 0.2) is 0 Å². The van der Waals surface area contributed by atoms with Crippen LogP contribution in [-0.4, -0.2) is 27.7 Å². The lowest BCUT2D eigenvalue weighted by molar-refractivity contribution is -0.385. The number of hydrazone groups is 1. The van der Waals surface area contributed by atoms with Gasteiger partial charge in [-0.05, 0) is 18.2 Å². The molecule has 11 heteroatoms. The normalized spacial score (nSPS) is 10.7. The Balaban J connectivity index is 1.88. The zero-order valence-electron chi connectivity index (χ0n) is 13.0. The van der Waals surface area contributed by atoms with E-state index in [1.54, 1.807) is 12.1 Å². The van der Waals surface area contributed by atoms with E-state index in [-0.39, 0.29) is 22.2 Å². The molecular weight excluding hydrogens is 384 g/mol. The van der Waals surface area contributed by atoms with Gasteiger partial charge in [-0.3, -0.25) is 25.0 Å². The lowest BCUT2D eigenvalue weighted by Crippen LogP contribution is -2.19. The number of nitrogens with zero attached hydrogens (tertiary/aromatic N) is 3. The molecular formula is C15H11ClN4O5S. The minimum Gasteiger partial charge on any atom is -0.272 e. The van der Waals surface area contributed by atoms with Crippen LogP contribution in [-0.2, 0) is 4.79 Å². The molecule has 0 spiro atoms. The van der Waals surface area contributed by atoms with Crippen LogP contribution >= 0.6 is 23.4 Å². The maximum atomic E-state index is 11.7. The molecule has 0 aliphatic carbocycles. The molecule has 0 aliphatic heterocycles. The number of carbonyl (C=O) groups is 1. The van der Waals surface area contributed by atoms with Crippen molar-refractivity contribution in [2.45, 2.75) is 4.90 Å². The summed E-state index contributed by atoms with van der Waals surface area (Å²) in [5, 5.41) is 25.3. The molecule has 2 aromatic carbocycles. The van der Waals surface area contributed by atoms with E-state index in [9.17, 15) is 25.0 Å². The largest absolute Gasteiger partial charge is 0.272 e. The number of carbonyl (C=O) groups excluding carboxylic acids is 1. The first-order valence-corrected chi connectivity index (χ1v) is 8.36. The third-order valence-electron chi connectivity index (χ3n) is 3.00. The zero-order chi connectivity index (χ0) is 19.1. The van der Waals surface area contributed by atoms with Crippen LogP contribution in [0.25, 0.3) is 0 Å². The van der Waals surface area contributed by atoms with Crippen molar-refractivity contribution in [3.05, 3.63) is 73.3 Å². The molecule has 26 heavy (non-hydrogen) atoms. The van der Waals surface area contributed by atoms with E-state index in [1.165, 1.54) is 48.3 Å². The standard InChI is InChI=1S/C15H11ClN4O5S/c16-14-6-3-12(20(24)25)7-10(14)8-17-18-15(21)9-26-13-4-1-11(2-5-13)19(22)23/h1-8H,9H2,(H,18,21)/b17-8-. The summed E-state index contributed by atoms with van der Waals surface area (Å²) in [6.07, 6.45) is 1.21. The second-order valence-corrected chi connectivity index (χ2v) is 6.25. The smallest absolute Gasteiger partial charge is 0.270 e. The summed E-state index contributed by atoms with van der Waals surface area (Å²) >= 11 is 7.09. The Kier molecular flexibility index (Phi) is 6.64. The van der Waals surface area contributed by atoms with Gasteiger partial charge in [-0.15, -0.1) is 11.8 Å². The second-order valence-electron chi connectivity index (χ2n) is 4.80. The maximum absolute atomic E-state index is 11.7. The van der Waals surface area contributed by atoms with Gasteiger partial charge in [-0.1, -0.05) is 11.6 Å². The lowest BCUT2D eigenvalue weighted by atomic mass is 10.2. The lowest BCUT2D eigenvalue weighted by Gasteiger charge is -2.01. The highest BCUT2D eigenvalue weighted by Gasteiger charge is 2.09. The summed E-state index contributed by atoms with van der Waals surface area (Å²) in [5.74, 6) is -0.371. The third kappa shape index (κ3) is 5.53. The van der Waals surface area contributed by atoms with Gasteiger partial charge in [0, 0.05) is 39.7 Å². The molecule has 0 radical (unpaired) electrons. The molecule has 0 bridgehead atoms. The molecule has 0 aromatic heterocycles. The van der Waals surface area contributed by atoms with E-state index in [2.05, 4.69) is 10.5 Å². The minimum atomic E-state index is -0.562. The highest BCUT2D eigenvalue weighted by Crippen LogP contribution is 2.21. The molecule has 1 N–H and O–H groups in total. The van der Waals surface area contributed by atoms with Crippen molar-refractivity contribution in [1.29, 1.82) is 0 Å². The predicted octanol–water partition coefficient (Wildman–Crippen LogP) is 3.40. The van der Waals surface area contributed by atoms with Crippen molar-refractivity contribution >= 4 is 46.9 Å². The number of nitrogens with one attached hydrogen (secondary N) is 1. The van der Waals surface area contributed by atoms with Crippen molar-refractivity contribution < 1.29 is 14.6 Å². The first kappa shape index (κ1) is 19.3. The summed E-state index contributed by atoms with van der Waals surface area (Å²) in [6.45, 7) is 0. The fourth-order valence-corrected chi connectivity index (χ4v) is 2.62. The first-order chi connectivity index (χ1) is 12.4. The van der Waals surface area contributed by atoms with Crippen LogP contribution in [0.4, 0.5) is 11.4 Å². The summed E-state index contributed by atoms with van der Waals surface area (Å²) in [6, 6.07) is 9.66. The number of thioether (sulfide) groups is 1. The highest BCUT2D eigenvalue weighted by atomic mass is 35.5. The fraction of sp³-hybridized carbons (Fsp3) is 0.0667.